The SMILES string of the molecule is Nc1cnc(NCc2ccc(Br)cc2)cn1. The van der Waals surface area contributed by atoms with Crippen LogP contribution in [0.5, 0.6) is 0 Å². The summed E-state index contributed by atoms with van der Waals surface area (Å²) in [5.74, 6) is 1.14. The van der Waals surface area contributed by atoms with Crippen LogP contribution in [0.2, 0.25) is 0 Å². The third-order valence-corrected chi connectivity index (χ3v) is 2.59. The molecule has 0 spiro atoms. The average molecular weight is 279 g/mol. The summed E-state index contributed by atoms with van der Waals surface area (Å²) < 4.78 is 1.07. The predicted molar refractivity (Wildman–Crippen MR) is 67.9 cm³/mol. The molecule has 0 bridgehead atoms. The first-order valence-corrected chi connectivity index (χ1v) is 5.59. The number of hydrogen-bond donors (Lipinski definition) is 2. The van der Waals surface area contributed by atoms with Crippen molar-refractivity contribution in [3.05, 3.63) is 46.7 Å². The number of nitrogens with one attached hydrogen (secondary N) is 1. The summed E-state index contributed by atoms with van der Waals surface area (Å²) in [5.41, 5.74) is 6.63. The van der Waals surface area contributed by atoms with Gasteiger partial charge >= 0.3 is 0 Å². The number of hydrogen-bond acceptors (Lipinski definition) is 4. The second-order valence-electron chi connectivity index (χ2n) is 3.31. The maximum atomic E-state index is 5.44. The summed E-state index contributed by atoms with van der Waals surface area (Å²) in [6.45, 7) is 0.714. The normalized spacial score (nSPS) is 10.1. The highest BCUT2D eigenvalue weighted by Crippen LogP contribution is 2.11. The van der Waals surface area contributed by atoms with Gasteiger partial charge in [0, 0.05) is 11.0 Å². The van der Waals surface area contributed by atoms with E-state index in [-0.39, 0.29) is 0 Å². The number of halogens is 1. The van der Waals surface area contributed by atoms with Gasteiger partial charge in [0.15, 0.2) is 0 Å². The van der Waals surface area contributed by atoms with E-state index < -0.39 is 0 Å². The maximum Gasteiger partial charge on any atom is 0.144 e. The van der Waals surface area contributed by atoms with Crippen molar-refractivity contribution in [2.75, 3.05) is 11.1 Å². The van der Waals surface area contributed by atoms with Crippen LogP contribution in [0.1, 0.15) is 5.56 Å². The minimum absolute atomic E-state index is 0.425. The van der Waals surface area contributed by atoms with Gasteiger partial charge in [-0.1, -0.05) is 28.1 Å². The molecular formula is C11H11BrN4. The van der Waals surface area contributed by atoms with Crippen molar-refractivity contribution < 1.29 is 0 Å². The van der Waals surface area contributed by atoms with E-state index >= 15 is 0 Å². The second-order valence-corrected chi connectivity index (χ2v) is 4.22. The Kier molecular flexibility index (Phi) is 3.36. The molecule has 2 rings (SSSR count). The van der Waals surface area contributed by atoms with Crippen LogP contribution >= 0.6 is 15.9 Å². The molecular weight excluding hydrogens is 268 g/mol. The summed E-state index contributed by atoms with van der Waals surface area (Å²) in [5, 5.41) is 3.16. The molecule has 0 saturated carbocycles. The highest BCUT2D eigenvalue weighted by molar-refractivity contribution is 9.10. The molecule has 3 N–H and O–H groups in total. The number of nitrogen functional groups attached to an aromatic ring is 1. The molecule has 1 heterocycles. The van der Waals surface area contributed by atoms with Crippen molar-refractivity contribution in [2.45, 2.75) is 6.54 Å². The van der Waals surface area contributed by atoms with Gasteiger partial charge in [-0.05, 0) is 17.7 Å². The summed E-state index contributed by atoms with van der Waals surface area (Å²) in [6, 6.07) is 8.10. The van der Waals surface area contributed by atoms with Crippen LogP contribution in [0, 0.1) is 0 Å². The minimum Gasteiger partial charge on any atom is -0.382 e. The smallest absolute Gasteiger partial charge is 0.144 e. The molecule has 5 heteroatoms. The van der Waals surface area contributed by atoms with Gasteiger partial charge in [-0.25, -0.2) is 9.97 Å². The monoisotopic (exact) mass is 278 g/mol. The zero-order valence-electron chi connectivity index (χ0n) is 8.52. The number of benzene rings is 1. The van der Waals surface area contributed by atoms with E-state index in [1.807, 2.05) is 24.3 Å². The molecule has 0 radical (unpaired) electrons. The summed E-state index contributed by atoms with van der Waals surface area (Å²) in [4.78, 5) is 8.05. The van der Waals surface area contributed by atoms with Gasteiger partial charge < -0.3 is 11.1 Å². The molecule has 1 aromatic carbocycles. The van der Waals surface area contributed by atoms with Crippen LogP contribution in [0.25, 0.3) is 0 Å². The van der Waals surface area contributed by atoms with Crippen molar-refractivity contribution in [1.82, 2.24) is 9.97 Å². The standard InChI is InChI=1S/C11H11BrN4/c12-9-3-1-8(2-4-9)5-15-11-7-14-10(13)6-16-11/h1-4,6-7H,5H2,(H2,13,14)(H,15,16). The Balaban J connectivity index is 1.97. The van der Waals surface area contributed by atoms with Crippen molar-refractivity contribution in [2.24, 2.45) is 0 Å². The van der Waals surface area contributed by atoms with E-state index in [9.17, 15) is 0 Å². The van der Waals surface area contributed by atoms with E-state index in [1.54, 1.807) is 6.20 Å². The predicted octanol–water partition coefficient (Wildman–Crippen LogP) is 2.43. The topological polar surface area (TPSA) is 63.8 Å². The molecule has 0 aliphatic heterocycles. The van der Waals surface area contributed by atoms with E-state index in [2.05, 4.69) is 31.2 Å². The third-order valence-electron chi connectivity index (χ3n) is 2.06. The van der Waals surface area contributed by atoms with Crippen LogP contribution in [0.4, 0.5) is 11.6 Å². The Morgan fingerprint density at radius 1 is 1.12 bits per heavy atom. The lowest BCUT2D eigenvalue weighted by molar-refractivity contribution is 1.09. The number of nitrogens with zero attached hydrogens (tertiary/aromatic N) is 2. The quantitative estimate of drug-likeness (QED) is 0.905. The van der Waals surface area contributed by atoms with Crippen molar-refractivity contribution in [3.63, 3.8) is 0 Å². The minimum atomic E-state index is 0.425. The lowest BCUT2D eigenvalue weighted by Gasteiger charge is -2.05. The molecule has 0 aliphatic rings. The second kappa shape index (κ2) is 4.94. The number of aromatic nitrogens is 2. The third kappa shape index (κ3) is 2.93. The van der Waals surface area contributed by atoms with Gasteiger partial charge in [0.25, 0.3) is 0 Å². The lowest BCUT2D eigenvalue weighted by Crippen LogP contribution is -2.02. The van der Waals surface area contributed by atoms with E-state index in [0.717, 1.165) is 10.3 Å². The molecule has 2 aromatic rings. The maximum absolute atomic E-state index is 5.44. The number of rotatable bonds is 3. The van der Waals surface area contributed by atoms with Crippen molar-refractivity contribution in [3.8, 4) is 0 Å². The van der Waals surface area contributed by atoms with Gasteiger partial charge in [0.1, 0.15) is 11.6 Å². The first-order valence-electron chi connectivity index (χ1n) is 4.80. The van der Waals surface area contributed by atoms with Crippen LogP contribution < -0.4 is 11.1 Å². The van der Waals surface area contributed by atoms with E-state index in [1.165, 1.54) is 11.8 Å². The lowest BCUT2D eigenvalue weighted by atomic mass is 10.2. The summed E-state index contributed by atoms with van der Waals surface area (Å²) >= 11 is 3.39. The zero-order valence-corrected chi connectivity index (χ0v) is 10.1. The molecule has 0 fully saturated rings. The van der Waals surface area contributed by atoms with Gasteiger partial charge in [-0.3, -0.25) is 0 Å². The van der Waals surface area contributed by atoms with Gasteiger partial charge in [-0.15, -0.1) is 0 Å². The largest absolute Gasteiger partial charge is 0.382 e. The molecule has 1 aromatic heterocycles. The average Bonchev–Trinajstić information content (AvgIpc) is 2.30. The molecule has 0 aliphatic carbocycles. The van der Waals surface area contributed by atoms with Crippen LogP contribution in [-0.4, -0.2) is 9.97 Å². The Morgan fingerprint density at radius 3 is 2.50 bits per heavy atom. The van der Waals surface area contributed by atoms with Gasteiger partial charge in [-0.2, -0.15) is 0 Å². The summed E-state index contributed by atoms with van der Waals surface area (Å²) in [7, 11) is 0. The first kappa shape index (κ1) is 10.9. The molecule has 16 heavy (non-hydrogen) atoms. The highest BCUT2D eigenvalue weighted by atomic mass is 79.9. The Hall–Kier alpha value is -1.62. The first-order chi connectivity index (χ1) is 7.74. The molecule has 0 atom stereocenters. The summed E-state index contributed by atoms with van der Waals surface area (Å²) in [6.07, 6.45) is 3.15. The fourth-order valence-electron chi connectivity index (χ4n) is 1.22. The Morgan fingerprint density at radius 2 is 1.88 bits per heavy atom. The Labute approximate surface area is 102 Å². The fourth-order valence-corrected chi connectivity index (χ4v) is 1.49. The molecule has 0 amide bonds. The zero-order chi connectivity index (χ0) is 11.4. The van der Waals surface area contributed by atoms with E-state index in [4.69, 9.17) is 5.73 Å². The van der Waals surface area contributed by atoms with Crippen LogP contribution in [-0.2, 0) is 6.54 Å². The molecule has 0 unspecified atom stereocenters. The van der Waals surface area contributed by atoms with Gasteiger partial charge in [0.05, 0.1) is 12.4 Å². The Bertz CT molecular complexity index is 407. The van der Waals surface area contributed by atoms with Crippen molar-refractivity contribution >= 4 is 27.6 Å². The highest BCUT2D eigenvalue weighted by Gasteiger charge is 1.95. The van der Waals surface area contributed by atoms with Crippen molar-refractivity contribution in [1.29, 1.82) is 0 Å². The number of nitrogens with two attached hydrogens (primary N) is 1. The van der Waals surface area contributed by atoms with Crippen LogP contribution in [0.15, 0.2) is 41.1 Å². The van der Waals surface area contributed by atoms with Crippen LogP contribution in [0.3, 0.4) is 0 Å². The fraction of sp³-hybridized carbons (Fsp3) is 0.0909. The molecule has 4 nitrogen and oxygen atoms in total. The van der Waals surface area contributed by atoms with Gasteiger partial charge in [0.2, 0.25) is 0 Å². The molecule has 0 saturated heterocycles. The molecule has 82 valence electrons. The number of anilines is 2. The van der Waals surface area contributed by atoms with E-state index in [0.29, 0.717) is 12.4 Å².